The number of hydrogen-bond donors (Lipinski definition) is 2. The van der Waals surface area contributed by atoms with E-state index in [0.29, 0.717) is 12.3 Å². The van der Waals surface area contributed by atoms with Crippen LogP contribution in [-0.2, 0) is 6.54 Å². The number of aliphatic hydroxyl groups is 1. The smallest absolute Gasteiger partial charge is 0.135 e. The van der Waals surface area contributed by atoms with Crippen LogP contribution in [0.1, 0.15) is 12.0 Å². The first-order valence-electron chi connectivity index (χ1n) is 6.17. The Labute approximate surface area is 107 Å². The van der Waals surface area contributed by atoms with Gasteiger partial charge in [0.05, 0.1) is 12.2 Å². The summed E-state index contributed by atoms with van der Waals surface area (Å²) in [6.07, 6.45) is 7.05. The molecular weight excluding hydrogens is 224 g/mol. The van der Waals surface area contributed by atoms with Gasteiger partial charge in [-0.25, -0.2) is 0 Å². The summed E-state index contributed by atoms with van der Waals surface area (Å²) < 4.78 is 0. The van der Waals surface area contributed by atoms with E-state index in [1.807, 2.05) is 24.4 Å². The van der Waals surface area contributed by atoms with Crippen molar-refractivity contribution < 1.29 is 5.11 Å². The van der Waals surface area contributed by atoms with Gasteiger partial charge in [-0.3, -0.25) is 0 Å². The van der Waals surface area contributed by atoms with Gasteiger partial charge in [-0.2, -0.15) is 0 Å². The molecular formula is C15H16N2O. The van der Waals surface area contributed by atoms with E-state index in [1.165, 1.54) is 5.56 Å². The van der Waals surface area contributed by atoms with Crippen molar-refractivity contribution >= 4 is 0 Å². The van der Waals surface area contributed by atoms with Gasteiger partial charge >= 0.3 is 0 Å². The molecule has 2 N–H and O–H groups in total. The maximum absolute atomic E-state index is 10.1. The third-order valence-corrected chi connectivity index (χ3v) is 3.23. The molecule has 0 saturated carbocycles. The first kappa shape index (κ1) is 11.0. The van der Waals surface area contributed by atoms with Gasteiger partial charge < -0.3 is 15.3 Å². The number of allylic oxidation sites excluding steroid dienone is 2. The molecule has 2 heterocycles. The minimum Gasteiger partial charge on any atom is -0.508 e. The number of rotatable bonds is 2. The van der Waals surface area contributed by atoms with Crippen LogP contribution in [0.15, 0.2) is 65.8 Å². The van der Waals surface area contributed by atoms with Gasteiger partial charge in [0, 0.05) is 18.9 Å². The average molecular weight is 240 g/mol. The molecule has 3 heteroatoms. The minimum atomic E-state index is 0.424. The van der Waals surface area contributed by atoms with E-state index in [0.717, 1.165) is 24.2 Å². The van der Waals surface area contributed by atoms with E-state index < -0.39 is 0 Å². The summed E-state index contributed by atoms with van der Waals surface area (Å²) in [6.45, 7) is 1.30. The molecule has 2 aliphatic heterocycles. The lowest BCUT2D eigenvalue weighted by molar-refractivity contribution is 0.341. The Balaban J connectivity index is 1.90. The highest BCUT2D eigenvalue weighted by atomic mass is 16.3. The van der Waals surface area contributed by atoms with E-state index in [2.05, 4.69) is 34.6 Å². The number of dihydropyridines is 1. The molecule has 18 heavy (non-hydrogen) atoms. The Hall–Kier alpha value is -2.16. The minimum absolute atomic E-state index is 0.424. The molecule has 0 spiro atoms. The standard InChI is InChI=1S/C15H16N2O/c18-14-10-16-9-13-7-4-8-17(15(13)14)11-12-5-2-1-3-6-12/h1-6,8-9,16,18H,7,10-11H2. The van der Waals surface area contributed by atoms with Crippen LogP contribution in [0.25, 0.3) is 0 Å². The molecule has 92 valence electrons. The van der Waals surface area contributed by atoms with Crippen LogP contribution in [0.5, 0.6) is 0 Å². The maximum atomic E-state index is 10.1. The molecule has 0 aliphatic carbocycles. The zero-order valence-corrected chi connectivity index (χ0v) is 10.1. The molecule has 0 bridgehead atoms. The van der Waals surface area contributed by atoms with Crippen molar-refractivity contribution in [1.82, 2.24) is 10.2 Å². The number of hydrogen-bond acceptors (Lipinski definition) is 3. The fourth-order valence-electron chi connectivity index (χ4n) is 2.41. The van der Waals surface area contributed by atoms with Crippen LogP contribution in [0.2, 0.25) is 0 Å². The molecule has 3 rings (SSSR count). The van der Waals surface area contributed by atoms with Crippen molar-refractivity contribution in [2.45, 2.75) is 13.0 Å². The lowest BCUT2D eigenvalue weighted by Crippen LogP contribution is -2.29. The number of benzene rings is 1. The monoisotopic (exact) mass is 240 g/mol. The molecule has 1 aromatic carbocycles. The molecule has 3 nitrogen and oxygen atoms in total. The highest BCUT2D eigenvalue weighted by molar-refractivity contribution is 5.40. The van der Waals surface area contributed by atoms with E-state index >= 15 is 0 Å². The van der Waals surface area contributed by atoms with E-state index in [9.17, 15) is 5.11 Å². The number of fused-ring (bicyclic) bond motifs is 1. The maximum Gasteiger partial charge on any atom is 0.135 e. The van der Waals surface area contributed by atoms with Crippen LogP contribution in [0, 0.1) is 0 Å². The second-order valence-electron chi connectivity index (χ2n) is 4.55. The molecule has 0 fully saturated rings. The first-order valence-corrected chi connectivity index (χ1v) is 6.17. The molecule has 0 saturated heterocycles. The Kier molecular flexibility index (Phi) is 2.81. The fraction of sp³-hybridized carbons (Fsp3) is 0.200. The van der Waals surface area contributed by atoms with Crippen molar-refractivity contribution in [2.75, 3.05) is 6.54 Å². The van der Waals surface area contributed by atoms with Crippen LogP contribution in [0.3, 0.4) is 0 Å². The predicted octanol–water partition coefficient (Wildman–Crippen LogP) is 2.66. The van der Waals surface area contributed by atoms with E-state index in [4.69, 9.17) is 0 Å². The van der Waals surface area contributed by atoms with Crippen molar-refractivity contribution in [1.29, 1.82) is 0 Å². The topological polar surface area (TPSA) is 35.5 Å². The van der Waals surface area contributed by atoms with Gasteiger partial charge in [0.2, 0.25) is 0 Å². The summed E-state index contributed by atoms with van der Waals surface area (Å²) >= 11 is 0. The van der Waals surface area contributed by atoms with E-state index in [1.54, 1.807) is 0 Å². The second-order valence-corrected chi connectivity index (χ2v) is 4.55. The van der Waals surface area contributed by atoms with Crippen molar-refractivity contribution in [2.24, 2.45) is 0 Å². The van der Waals surface area contributed by atoms with Crippen LogP contribution in [-0.4, -0.2) is 16.6 Å². The summed E-state index contributed by atoms with van der Waals surface area (Å²) in [6, 6.07) is 10.3. The van der Waals surface area contributed by atoms with Crippen LogP contribution < -0.4 is 5.32 Å². The first-order chi connectivity index (χ1) is 8.84. The molecule has 0 unspecified atom stereocenters. The highest BCUT2D eigenvalue weighted by Crippen LogP contribution is 2.29. The lowest BCUT2D eigenvalue weighted by atomic mass is 10.0. The fourth-order valence-corrected chi connectivity index (χ4v) is 2.41. The molecule has 0 radical (unpaired) electrons. The lowest BCUT2D eigenvalue weighted by Gasteiger charge is -2.31. The summed E-state index contributed by atoms with van der Waals surface area (Å²) in [7, 11) is 0. The Morgan fingerprint density at radius 3 is 2.89 bits per heavy atom. The van der Waals surface area contributed by atoms with E-state index in [-0.39, 0.29) is 0 Å². The van der Waals surface area contributed by atoms with Crippen molar-refractivity contribution in [3.8, 4) is 0 Å². The van der Waals surface area contributed by atoms with Crippen LogP contribution >= 0.6 is 0 Å². The van der Waals surface area contributed by atoms with Gasteiger partial charge in [0.1, 0.15) is 5.76 Å². The molecule has 1 aromatic rings. The SMILES string of the molecule is OC1=C2C(=CNC1)CC=CN2Cc1ccccc1. The Morgan fingerprint density at radius 1 is 1.22 bits per heavy atom. The number of nitrogens with one attached hydrogen (secondary N) is 1. The number of nitrogens with zero attached hydrogens (tertiary/aromatic N) is 1. The summed E-state index contributed by atoms with van der Waals surface area (Å²) in [5.41, 5.74) is 3.35. The zero-order valence-electron chi connectivity index (χ0n) is 10.1. The number of aliphatic hydroxyl groups excluding tert-OH is 1. The molecule has 0 aromatic heterocycles. The molecule has 0 atom stereocenters. The second kappa shape index (κ2) is 4.61. The predicted molar refractivity (Wildman–Crippen MR) is 71.5 cm³/mol. The summed E-state index contributed by atoms with van der Waals surface area (Å²) in [4.78, 5) is 2.11. The Morgan fingerprint density at radius 2 is 2.06 bits per heavy atom. The van der Waals surface area contributed by atoms with Gasteiger partial charge in [-0.1, -0.05) is 36.4 Å². The third-order valence-electron chi connectivity index (χ3n) is 3.23. The van der Waals surface area contributed by atoms with Crippen LogP contribution in [0.4, 0.5) is 0 Å². The van der Waals surface area contributed by atoms with Gasteiger partial charge in [-0.05, 0) is 17.6 Å². The molecule has 2 aliphatic rings. The van der Waals surface area contributed by atoms with Crippen molar-refractivity contribution in [3.05, 3.63) is 71.4 Å². The Bertz CT molecular complexity index is 529. The largest absolute Gasteiger partial charge is 0.508 e. The third kappa shape index (κ3) is 1.99. The van der Waals surface area contributed by atoms with Crippen molar-refractivity contribution in [3.63, 3.8) is 0 Å². The van der Waals surface area contributed by atoms with Gasteiger partial charge in [0.15, 0.2) is 0 Å². The quantitative estimate of drug-likeness (QED) is 0.834. The van der Waals surface area contributed by atoms with Gasteiger partial charge in [0.25, 0.3) is 0 Å². The zero-order chi connectivity index (χ0) is 12.4. The van der Waals surface area contributed by atoms with Gasteiger partial charge in [-0.15, -0.1) is 0 Å². The summed E-state index contributed by atoms with van der Waals surface area (Å²) in [5.74, 6) is 0.424. The normalized spacial score (nSPS) is 18.2. The summed E-state index contributed by atoms with van der Waals surface area (Å²) in [5, 5.41) is 13.1. The highest BCUT2D eigenvalue weighted by Gasteiger charge is 2.22. The average Bonchev–Trinajstić information content (AvgIpc) is 2.40. The molecule has 0 amide bonds.